The quantitative estimate of drug-likeness (QED) is 0.393. The van der Waals surface area contributed by atoms with Crippen LogP contribution in [-0.4, -0.2) is 48.3 Å². The second-order valence-electron chi connectivity index (χ2n) is 5.76. The predicted octanol–water partition coefficient (Wildman–Crippen LogP) is 2.38. The minimum Gasteiger partial charge on any atom is -0.354 e. The van der Waals surface area contributed by atoms with E-state index in [1.807, 2.05) is 17.9 Å². The molecule has 0 radical (unpaired) electrons. The molecule has 0 bridgehead atoms. The molecule has 2 rings (SSSR count). The van der Waals surface area contributed by atoms with Crippen molar-refractivity contribution in [3.05, 3.63) is 39.8 Å². The second kappa shape index (κ2) is 10.00. The zero-order valence-electron chi connectivity index (χ0n) is 14.9. The van der Waals surface area contributed by atoms with Gasteiger partial charge in [-0.2, -0.15) is 5.10 Å². The molecule has 0 aliphatic rings. The molecule has 2 N–H and O–H groups in total. The lowest BCUT2D eigenvalue weighted by Crippen LogP contribution is -2.41. The van der Waals surface area contributed by atoms with Crippen molar-refractivity contribution in [2.24, 2.45) is 12.0 Å². The smallest absolute Gasteiger partial charge is 0.191 e. The van der Waals surface area contributed by atoms with Crippen LogP contribution in [0.3, 0.4) is 0 Å². The summed E-state index contributed by atoms with van der Waals surface area (Å²) < 4.78 is 1.83. The van der Waals surface area contributed by atoms with E-state index in [2.05, 4.69) is 64.3 Å². The Balaban J connectivity index is 0.00000288. The molecule has 1 unspecified atom stereocenters. The van der Waals surface area contributed by atoms with E-state index in [9.17, 15) is 0 Å². The molecular weight excluding hydrogens is 435 g/mol. The number of halogens is 1. The summed E-state index contributed by atoms with van der Waals surface area (Å²) in [5.41, 5.74) is 2.51. The molecule has 0 amide bonds. The molecular formula is C16H27IN6S. The van der Waals surface area contributed by atoms with Gasteiger partial charge in [0.15, 0.2) is 5.96 Å². The maximum Gasteiger partial charge on any atom is 0.191 e. The number of likely N-dealkylation sites (N-methyl/N-ethyl adjacent to an activating group) is 1. The van der Waals surface area contributed by atoms with Gasteiger partial charge in [0.2, 0.25) is 0 Å². The molecule has 134 valence electrons. The first-order valence-corrected chi connectivity index (χ1v) is 8.51. The number of hydrogen-bond acceptors (Lipinski definition) is 4. The van der Waals surface area contributed by atoms with Gasteiger partial charge < -0.3 is 15.5 Å². The summed E-state index contributed by atoms with van der Waals surface area (Å²) in [6.07, 6.45) is 3.97. The molecule has 1 atom stereocenters. The summed E-state index contributed by atoms with van der Waals surface area (Å²) in [5.74, 6) is 0.813. The number of aryl methyl sites for hydroxylation is 2. The topological polar surface area (TPSA) is 57.5 Å². The van der Waals surface area contributed by atoms with Gasteiger partial charge in [-0.1, -0.05) is 0 Å². The number of thiophene rings is 1. The fourth-order valence-corrected chi connectivity index (χ4v) is 3.22. The number of aliphatic imine (C=N–C) groups is 1. The van der Waals surface area contributed by atoms with E-state index in [0.29, 0.717) is 0 Å². The normalized spacial score (nSPS) is 12.8. The third-order valence-electron chi connectivity index (χ3n) is 3.80. The average molecular weight is 462 g/mol. The zero-order chi connectivity index (χ0) is 16.8. The number of hydrogen-bond donors (Lipinski definition) is 2. The van der Waals surface area contributed by atoms with Crippen LogP contribution >= 0.6 is 35.3 Å². The number of nitrogens with one attached hydrogen (secondary N) is 2. The Hall–Kier alpha value is -1.13. The van der Waals surface area contributed by atoms with Gasteiger partial charge >= 0.3 is 0 Å². The highest BCUT2D eigenvalue weighted by molar-refractivity contribution is 14.0. The maximum absolute atomic E-state index is 4.31. The molecule has 0 spiro atoms. The molecule has 8 heteroatoms. The maximum atomic E-state index is 4.31. The lowest BCUT2D eigenvalue weighted by molar-refractivity contribution is 0.298. The summed E-state index contributed by atoms with van der Waals surface area (Å²) >= 11 is 1.77. The van der Waals surface area contributed by atoms with Crippen LogP contribution in [0.5, 0.6) is 0 Å². The van der Waals surface area contributed by atoms with Crippen LogP contribution in [0.15, 0.2) is 28.8 Å². The first kappa shape index (κ1) is 20.9. The Labute approximate surface area is 165 Å². The highest BCUT2D eigenvalue weighted by Crippen LogP contribution is 2.16. The first-order chi connectivity index (χ1) is 11.0. The number of guanidine groups is 1. The van der Waals surface area contributed by atoms with Crippen molar-refractivity contribution in [1.82, 2.24) is 25.3 Å². The molecule has 24 heavy (non-hydrogen) atoms. The van der Waals surface area contributed by atoms with Gasteiger partial charge in [0.1, 0.15) is 0 Å². The van der Waals surface area contributed by atoms with E-state index in [1.165, 1.54) is 16.0 Å². The minimum absolute atomic E-state index is 0. The van der Waals surface area contributed by atoms with Crippen LogP contribution in [0.4, 0.5) is 0 Å². The summed E-state index contributed by atoms with van der Waals surface area (Å²) in [5, 5.41) is 13.2. The number of nitrogens with zero attached hydrogens (tertiary/aromatic N) is 4. The number of aromatic nitrogens is 2. The highest BCUT2D eigenvalue weighted by Gasteiger charge is 2.16. The van der Waals surface area contributed by atoms with E-state index >= 15 is 0 Å². The Kier molecular flexibility index (Phi) is 8.71. The fraction of sp³-hybridized carbons (Fsp3) is 0.500. The third-order valence-corrected chi connectivity index (χ3v) is 4.83. The Bertz CT molecular complexity index is 649. The summed E-state index contributed by atoms with van der Waals surface area (Å²) in [6.45, 7) is 3.69. The van der Waals surface area contributed by atoms with Gasteiger partial charge in [0, 0.05) is 37.3 Å². The summed E-state index contributed by atoms with van der Waals surface area (Å²) in [4.78, 5) is 7.83. The van der Waals surface area contributed by atoms with Crippen molar-refractivity contribution in [2.45, 2.75) is 19.5 Å². The summed E-state index contributed by atoms with van der Waals surface area (Å²) in [6, 6.07) is 2.38. The molecule has 2 heterocycles. The van der Waals surface area contributed by atoms with Crippen LogP contribution in [0, 0.1) is 6.92 Å². The Morgan fingerprint density at radius 2 is 2.17 bits per heavy atom. The van der Waals surface area contributed by atoms with Crippen LogP contribution in [0.25, 0.3) is 0 Å². The lowest BCUT2D eigenvalue weighted by Gasteiger charge is -2.24. The van der Waals surface area contributed by atoms with Gasteiger partial charge in [-0.25, -0.2) is 0 Å². The van der Waals surface area contributed by atoms with E-state index in [1.54, 1.807) is 18.4 Å². The van der Waals surface area contributed by atoms with Crippen molar-refractivity contribution < 1.29 is 0 Å². The van der Waals surface area contributed by atoms with E-state index in [4.69, 9.17) is 0 Å². The van der Waals surface area contributed by atoms with Gasteiger partial charge in [-0.15, -0.1) is 35.3 Å². The van der Waals surface area contributed by atoms with Crippen molar-refractivity contribution in [3.8, 4) is 0 Å². The van der Waals surface area contributed by atoms with Crippen LogP contribution < -0.4 is 10.6 Å². The highest BCUT2D eigenvalue weighted by atomic mass is 127. The Morgan fingerprint density at radius 1 is 1.42 bits per heavy atom. The number of rotatable bonds is 6. The molecule has 0 saturated carbocycles. The third kappa shape index (κ3) is 5.75. The van der Waals surface area contributed by atoms with Crippen molar-refractivity contribution in [1.29, 1.82) is 0 Å². The molecule has 0 aliphatic heterocycles. The Morgan fingerprint density at radius 3 is 2.67 bits per heavy atom. The van der Waals surface area contributed by atoms with Crippen LogP contribution in [0.2, 0.25) is 0 Å². The van der Waals surface area contributed by atoms with Crippen molar-refractivity contribution >= 4 is 41.3 Å². The average Bonchev–Trinajstić information content (AvgIpc) is 3.11. The van der Waals surface area contributed by atoms with Gasteiger partial charge in [-0.05, 0) is 38.0 Å². The first-order valence-electron chi connectivity index (χ1n) is 7.63. The molecule has 2 aromatic rings. The molecule has 6 nitrogen and oxygen atoms in total. The SMILES string of the molecule is CN=C(NCc1sccc1C)NCC(c1cnn(C)c1)N(C)C.I. The van der Waals surface area contributed by atoms with E-state index < -0.39 is 0 Å². The lowest BCUT2D eigenvalue weighted by atomic mass is 10.1. The largest absolute Gasteiger partial charge is 0.354 e. The van der Waals surface area contributed by atoms with Gasteiger partial charge in [-0.3, -0.25) is 9.67 Å². The monoisotopic (exact) mass is 462 g/mol. The van der Waals surface area contributed by atoms with E-state index in [0.717, 1.165) is 19.0 Å². The summed E-state index contributed by atoms with van der Waals surface area (Å²) in [7, 11) is 7.88. The molecule has 0 aliphatic carbocycles. The van der Waals surface area contributed by atoms with Crippen LogP contribution in [-0.2, 0) is 13.6 Å². The predicted molar refractivity (Wildman–Crippen MR) is 112 cm³/mol. The molecule has 0 fully saturated rings. The fourth-order valence-electron chi connectivity index (χ4n) is 2.37. The van der Waals surface area contributed by atoms with Crippen molar-refractivity contribution in [3.63, 3.8) is 0 Å². The van der Waals surface area contributed by atoms with E-state index in [-0.39, 0.29) is 30.0 Å². The van der Waals surface area contributed by atoms with Gasteiger partial charge in [0.25, 0.3) is 0 Å². The minimum atomic E-state index is 0. The molecule has 0 aromatic carbocycles. The molecule has 0 saturated heterocycles. The van der Waals surface area contributed by atoms with Crippen LogP contribution in [0.1, 0.15) is 22.0 Å². The second-order valence-corrected chi connectivity index (χ2v) is 6.76. The van der Waals surface area contributed by atoms with Gasteiger partial charge in [0.05, 0.1) is 18.8 Å². The van der Waals surface area contributed by atoms with Crippen molar-refractivity contribution in [2.75, 3.05) is 27.7 Å². The molecule has 2 aromatic heterocycles. The standard InChI is InChI=1S/C16H26N6S.HI/c1-12-6-7-23-15(12)10-19-16(17-2)18-9-14(21(3)4)13-8-20-22(5)11-13;/h6-8,11,14H,9-10H2,1-5H3,(H2,17,18,19);1H. The zero-order valence-corrected chi connectivity index (χ0v) is 18.1.